The van der Waals surface area contributed by atoms with Crippen molar-refractivity contribution < 1.29 is 9.90 Å². The molecule has 106 valence electrons. The van der Waals surface area contributed by atoms with Gasteiger partial charge in [0.05, 0.1) is 0 Å². The zero-order chi connectivity index (χ0) is 13.8. The lowest BCUT2D eigenvalue weighted by Gasteiger charge is -2.34. The molecule has 1 N–H and O–H groups in total. The predicted molar refractivity (Wildman–Crippen MR) is 78.8 cm³/mol. The Labute approximate surface area is 119 Å². The van der Waals surface area contributed by atoms with Gasteiger partial charge in [-0.25, -0.2) is 4.79 Å². The molecule has 0 radical (unpaired) electrons. The van der Waals surface area contributed by atoms with E-state index in [-0.39, 0.29) is 0 Å². The van der Waals surface area contributed by atoms with E-state index in [1.54, 1.807) is 0 Å². The lowest BCUT2D eigenvalue weighted by Crippen LogP contribution is -2.34. The van der Waals surface area contributed by atoms with E-state index in [1.807, 2.05) is 11.4 Å². The van der Waals surface area contributed by atoms with E-state index in [0.29, 0.717) is 10.9 Å². The van der Waals surface area contributed by atoms with Crippen LogP contribution >= 0.6 is 11.3 Å². The summed E-state index contributed by atoms with van der Waals surface area (Å²) < 4.78 is 0. The van der Waals surface area contributed by atoms with Crippen LogP contribution in [0.5, 0.6) is 0 Å². The second-order valence-corrected chi connectivity index (χ2v) is 6.49. The Morgan fingerprint density at radius 2 is 2.11 bits per heavy atom. The summed E-state index contributed by atoms with van der Waals surface area (Å²) in [5.41, 5.74) is 0.956. The van der Waals surface area contributed by atoms with Gasteiger partial charge < -0.3 is 5.11 Å². The number of carboxylic acid groups (broad SMARTS) is 1. The number of nitrogens with zero attached hydrogens (tertiary/aromatic N) is 1. The molecule has 19 heavy (non-hydrogen) atoms. The Bertz CT molecular complexity index is 422. The Morgan fingerprint density at radius 1 is 1.42 bits per heavy atom. The van der Waals surface area contributed by atoms with Gasteiger partial charge in [-0.2, -0.15) is 0 Å². The molecule has 0 unspecified atom stereocenters. The van der Waals surface area contributed by atoms with Crippen molar-refractivity contribution in [2.24, 2.45) is 5.92 Å². The quantitative estimate of drug-likeness (QED) is 0.891. The highest BCUT2D eigenvalue weighted by Crippen LogP contribution is 2.30. The predicted octanol–water partition coefficient (Wildman–Crippen LogP) is 3.85. The van der Waals surface area contributed by atoms with Gasteiger partial charge in [0.15, 0.2) is 0 Å². The van der Waals surface area contributed by atoms with Gasteiger partial charge in [0.2, 0.25) is 0 Å². The molecule has 1 saturated carbocycles. The average molecular weight is 281 g/mol. The van der Waals surface area contributed by atoms with Gasteiger partial charge in [-0.05, 0) is 55.7 Å². The van der Waals surface area contributed by atoms with Gasteiger partial charge in [-0.15, -0.1) is 11.3 Å². The monoisotopic (exact) mass is 281 g/mol. The van der Waals surface area contributed by atoms with E-state index in [9.17, 15) is 4.79 Å². The van der Waals surface area contributed by atoms with Crippen LogP contribution in [0.1, 0.15) is 54.3 Å². The van der Waals surface area contributed by atoms with Gasteiger partial charge in [0, 0.05) is 12.6 Å². The number of carboxylic acids is 1. The van der Waals surface area contributed by atoms with Crippen LogP contribution in [0.15, 0.2) is 11.4 Å². The largest absolute Gasteiger partial charge is 0.477 e. The summed E-state index contributed by atoms with van der Waals surface area (Å²) in [4.78, 5) is 13.9. The smallest absolute Gasteiger partial charge is 0.346 e. The molecule has 0 aromatic carbocycles. The molecule has 1 aliphatic rings. The molecular formula is C15H23NO2S. The molecule has 0 atom stereocenters. The maximum atomic E-state index is 11.1. The highest BCUT2D eigenvalue weighted by atomic mass is 32.1. The van der Waals surface area contributed by atoms with Crippen LogP contribution in [0.25, 0.3) is 0 Å². The minimum absolute atomic E-state index is 0.495. The van der Waals surface area contributed by atoms with Crippen LogP contribution in [0.4, 0.5) is 0 Å². The first-order chi connectivity index (χ1) is 9.11. The Morgan fingerprint density at radius 3 is 2.68 bits per heavy atom. The fourth-order valence-electron chi connectivity index (χ4n) is 3.04. The number of thiophene rings is 1. The summed E-state index contributed by atoms with van der Waals surface area (Å²) in [6.45, 7) is 3.03. The molecule has 3 nitrogen and oxygen atoms in total. The molecule has 1 heterocycles. The summed E-state index contributed by atoms with van der Waals surface area (Å²) >= 11 is 1.32. The molecule has 0 amide bonds. The lowest BCUT2D eigenvalue weighted by molar-refractivity contribution is 0.0699. The molecule has 0 spiro atoms. The third-order valence-electron chi connectivity index (χ3n) is 4.38. The molecule has 1 aliphatic carbocycles. The van der Waals surface area contributed by atoms with E-state index in [0.717, 1.165) is 18.0 Å². The number of hydrogen-bond acceptors (Lipinski definition) is 3. The molecule has 0 saturated heterocycles. The second kappa shape index (κ2) is 6.53. The first-order valence-corrected chi connectivity index (χ1v) is 7.99. The Hall–Kier alpha value is -0.870. The van der Waals surface area contributed by atoms with Crippen molar-refractivity contribution in [3.63, 3.8) is 0 Å². The average Bonchev–Trinajstić information content (AvgIpc) is 2.87. The maximum absolute atomic E-state index is 11.1. The SMILES string of the molecule is CCC1CCC(N(C)Cc2ccsc2C(=O)O)CC1. The number of carbonyl (C=O) groups is 1. The molecule has 1 aromatic heterocycles. The van der Waals surface area contributed by atoms with E-state index >= 15 is 0 Å². The van der Waals surface area contributed by atoms with E-state index < -0.39 is 5.97 Å². The van der Waals surface area contributed by atoms with Crippen molar-refractivity contribution >= 4 is 17.3 Å². The third kappa shape index (κ3) is 3.57. The molecule has 0 bridgehead atoms. The third-order valence-corrected chi connectivity index (χ3v) is 5.32. The summed E-state index contributed by atoms with van der Waals surface area (Å²) in [5.74, 6) is 0.105. The topological polar surface area (TPSA) is 40.5 Å². The van der Waals surface area contributed by atoms with Gasteiger partial charge >= 0.3 is 5.97 Å². The van der Waals surface area contributed by atoms with Gasteiger partial charge in [0.1, 0.15) is 4.88 Å². The van der Waals surface area contributed by atoms with Crippen molar-refractivity contribution in [2.75, 3.05) is 7.05 Å². The zero-order valence-electron chi connectivity index (χ0n) is 11.8. The summed E-state index contributed by atoms with van der Waals surface area (Å²) in [7, 11) is 2.13. The first-order valence-electron chi connectivity index (χ1n) is 7.11. The first kappa shape index (κ1) is 14.5. The number of hydrogen-bond donors (Lipinski definition) is 1. The minimum Gasteiger partial charge on any atom is -0.477 e. The molecular weight excluding hydrogens is 258 g/mol. The van der Waals surface area contributed by atoms with E-state index in [2.05, 4.69) is 18.9 Å². The van der Waals surface area contributed by atoms with Crippen molar-refractivity contribution in [1.82, 2.24) is 4.90 Å². The van der Waals surface area contributed by atoms with Crippen molar-refractivity contribution in [1.29, 1.82) is 0 Å². The Balaban J connectivity index is 1.92. The molecule has 1 fully saturated rings. The highest BCUT2D eigenvalue weighted by molar-refractivity contribution is 7.12. The van der Waals surface area contributed by atoms with E-state index in [1.165, 1.54) is 43.4 Å². The van der Waals surface area contributed by atoms with Crippen LogP contribution in [-0.4, -0.2) is 29.1 Å². The minimum atomic E-state index is -0.798. The van der Waals surface area contributed by atoms with Gasteiger partial charge in [-0.3, -0.25) is 4.90 Å². The highest BCUT2D eigenvalue weighted by Gasteiger charge is 2.24. The van der Waals surface area contributed by atoms with Crippen molar-refractivity contribution in [2.45, 2.75) is 51.6 Å². The number of aromatic carboxylic acids is 1. The normalized spacial score (nSPS) is 23.7. The van der Waals surface area contributed by atoms with Crippen LogP contribution in [-0.2, 0) is 6.54 Å². The summed E-state index contributed by atoms with van der Waals surface area (Å²) in [5, 5.41) is 11.0. The Kier molecular flexibility index (Phi) is 4.99. The van der Waals surface area contributed by atoms with Crippen LogP contribution in [0.3, 0.4) is 0 Å². The van der Waals surface area contributed by atoms with Crippen LogP contribution < -0.4 is 0 Å². The summed E-state index contributed by atoms with van der Waals surface area (Å²) in [6, 6.07) is 2.56. The fourth-order valence-corrected chi connectivity index (χ4v) is 3.79. The second-order valence-electron chi connectivity index (χ2n) is 5.58. The molecule has 1 aromatic rings. The fraction of sp³-hybridized carbons (Fsp3) is 0.667. The maximum Gasteiger partial charge on any atom is 0.346 e. The molecule has 0 aliphatic heterocycles. The standard InChI is InChI=1S/C15H23NO2S/c1-3-11-4-6-13(7-5-11)16(2)10-12-8-9-19-14(12)15(17)18/h8-9,11,13H,3-7,10H2,1-2H3,(H,17,18). The van der Waals surface area contributed by atoms with Gasteiger partial charge in [-0.1, -0.05) is 13.3 Å². The van der Waals surface area contributed by atoms with Crippen LogP contribution in [0.2, 0.25) is 0 Å². The molecule has 4 heteroatoms. The summed E-state index contributed by atoms with van der Waals surface area (Å²) in [6.07, 6.45) is 6.44. The lowest BCUT2D eigenvalue weighted by atomic mass is 9.84. The molecule has 2 rings (SSSR count). The zero-order valence-corrected chi connectivity index (χ0v) is 12.6. The van der Waals surface area contributed by atoms with E-state index in [4.69, 9.17) is 5.11 Å². The number of rotatable bonds is 5. The van der Waals surface area contributed by atoms with Gasteiger partial charge in [0.25, 0.3) is 0 Å². The van der Waals surface area contributed by atoms with Crippen molar-refractivity contribution in [3.05, 3.63) is 21.9 Å². The van der Waals surface area contributed by atoms with Crippen molar-refractivity contribution in [3.8, 4) is 0 Å². The van der Waals surface area contributed by atoms with Crippen LogP contribution in [0, 0.1) is 5.92 Å².